The molecule has 0 N–H and O–H groups in total. The summed E-state index contributed by atoms with van der Waals surface area (Å²) in [6, 6.07) is 9.75. The van der Waals surface area contributed by atoms with E-state index in [9.17, 15) is 19.7 Å². The molecule has 0 saturated carbocycles. The predicted molar refractivity (Wildman–Crippen MR) is 106 cm³/mol. The van der Waals surface area contributed by atoms with Crippen molar-refractivity contribution in [2.75, 3.05) is 20.3 Å². The Hall–Kier alpha value is -3.53. The van der Waals surface area contributed by atoms with E-state index in [0.29, 0.717) is 11.5 Å². The summed E-state index contributed by atoms with van der Waals surface area (Å²) in [5, 5.41) is 10.2. The van der Waals surface area contributed by atoms with Gasteiger partial charge in [-0.15, -0.1) is 0 Å². The van der Waals surface area contributed by atoms with Crippen LogP contribution in [0.15, 0.2) is 57.9 Å². The molecular weight excluding hydrogens is 400 g/mol. The summed E-state index contributed by atoms with van der Waals surface area (Å²) in [4.78, 5) is 35.8. The van der Waals surface area contributed by atoms with Crippen LogP contribution in [0.25, 0.3) is 6.08 Å². The lowest BCUT2D eigenvalue weighted by molar-refractivity contribution is -0.402. The van der Waals surface area contributed by atoms with Gasteiger partial charge in [-0.1, -0.05) is 18.2 Å². The summed E-state index contributed by atoms with van der Waals surface area (Å²) in [5.74, 6) is 0.536. The highest BCUT2D eigenvalue weighted by atomic mass is 32.2. The predicted octanol–water partition coefficient (Wildman–Crippen LogP) is 3.87. The van der Waals surface area contributed by atoms with Crippen LogP contribution in [0.4, 0.5) is 10.7 Å². The third-order valence-corrected chi connectivity index (χ3v) is 4.74. The number of amides is 2. The molecule has 1 saturated heterocycles. The number of para-hydroxylation sites is 2. The van der Waals surface area contributed by atoms with Gasteiger partial charge in [-0.2, -0.15) is 0 Å². The topological polar surface area (TPSA) is 112 Å². The molecule has 150 valence electrons. The van der Waals surface area contributed by atoms with Crippen molar-refractivity contribution in [1.29, 1.82) is 0 Å². The summed E-state index contributed by atoms with van der Waals surface area (Å²) < 4.78 is 15.8. The average Bonchev–Trinajstić information content (AvgIpc) is 3.29. The second-order valence-electron chi connectivity index (χ2n) is 5.65. The number of methoxy groups -OCH3 is 1. The Balaban J connectivity index is 1.57. The minimum absolute atomic E-state index is 0.0914. The van der Waals surface area contributed by atoms with E-state index in [2.05, 4.69) is 0 Å². The molecule has 1 aromatic heterocycles. The van der Waals surface area contributed by atoms with Crippen LogP contribution in [0.5, 0.6) is 11.5 Å². The van der Waals surface area contributed by atoms with E-state index in [1.807, 2.05) is 0 Å². The quantitative estimate of drug-likeness (QED) is 0.362. The maximum absolute atomic E-state index is 12.4. The van der Waals surface area contributed by atoms with Gasteiger partial charge in [-0.05, 0) is 42.1 Å². The van der Waals surface area contributed by atoms with Crippen LogP contribution in [0, 0.1) is 10.1 Å². The molecule has 1 aliphatic rings. The van der Waals surface area contributed by atoms with E-state index in [4.69, 9.17) is 13.9 Å². The van der Waals surface area contributed by atoms with Gasteiger partial charge in [-0.3, -0.25) is 24.6 Å². The molecule has 0 radical (unpaired) electrons. The molecule has 0 bridgehead atoms. The molecule has 1 aromatic carbocycles. The fourth-order valence-corrected chi connectivity index (χ4v) is 3.27. The smallest absolute Gasteiger partial charge is 0.433 e. The first kappa shape index (κ1) is 20.2. The molecule has 0 aliphatic carbocycles. The Morgan fingerprint density at radius 3 is 2.66 bits per heavy atom. The number of benzene rings is 1. The van der Waals surface area contributed by atoms with Crippen LogP contribution in [-0.2, 0) is 4.79 Å². The van der Waals surface area contributed by atoms with Crippen LogP contribution in [0.3, 0.4) is 0 Å². The number of hydrogen-bond donors (Lipinski definition) is 0. The number of carbonyl (C=O) groups is 2. The zero-order valence-corrected chi connectivity index (χ0v) is 16.1. The maximum Gasteiger partial charge on any atom is 0.433 e. The van der Waals surface area contributed by atoms with Crippen molar-refractivity contribution in [1.82, 2.24) is 4.90 Å². The first-order valence-corrected chi connectivity index (χ1v) is 9.23. The first-order chi connectivity index (χ1) is 14.0. The molecule has 29 heavy (non-hydrogen) atoms. The van der Waals surface area contributed by atoms with Gasteiger partial charge in [-0.25, -0.2) is 0 Å². The van der Waals surface area contributed by atoms with Crippen molar-refractivity contribution in [2.45, 2.75) is 0 Å². The van der Waals surface area contributed by atoms with Crippen LogP contribution >= 0.6 is 11.8 Å². The molecule has 2 amide bonds. The van der Waals surface area contributed by atoms with E-state index < -0.39 is 16.1 Å². The normalized spacial score (nSPS) is 15.5. The highest BCUT2D eigenvalue weighted by molar-refractivity contribution is 8.18. The Bertz CT molecular complexity index is 996. The molecule has 1 fully saturated rings. The zero-order valence-electron chi connectivity index (χ0n) is 15.3. The molecule has 9 nitrogen and oxygen atoms in total. The fourth-order valence-electron chi connectivity index (χ4n) is 2.45. The Morgan fingerprint density at radius 1 is 1.21 bits per heavy atom. The molecule has 1 aliphatic heterocycles. The second-order valence-corrected chi connectivity index (χ2v) is 6.64. The number of furan rings is 1. The fraction of sp³-hybridized carbons (Fsp3) is 0.158. The SMILES string of the molecule is COc1ccccc1OCCN1C(=O)S/C(=C\C=C\c2ccc([N+](=O)[O-])o2)C1=O. The lowest BCUT2D eigenvalue weighted by Gasteiger charge is -2.14. The van der Waals surface area contributed by atoms with Crippen molar-refractivity contribution in [3.63, 3.8) is 0 Å². The van der Waals surface area contributed by atoms with Crippen molar-refractivity contribution < 1.29 is 28.4 Å². The Labute approximate surface area is 169 Å². The van der Waals surface area contributed by atoms with Gasteiger partial charge >= 0.3 is 5.88 Å². The second kappa shape index (κ2) is 9.11. The van der Waals surface area contributed by atoms with Crippen LogP contribution in [-0.4, -0.2) is 41.2 Å². The third kappa shape index (κ3) is 4.85. The molecule has 10 heteroatoms. The number of thioether (sulfide) groups is 1. The largest absolute Gasteiger partial charge is 0.493 e. The van der Waals surface area contributed by atoms with Gasteiger partial charge < -0.3 is 13.9 Å². The highest BCUT2D eigenvalue weighted by Gasteiger charge is 2.34. The van der Waals surface area contributed by atoms with E-state index in [-0.39, 0.29) is 29.7 Å². The number of rotatable bonds is 8. The van der Waals surface area contributed by atoms with E-state index >= 15 is 0 Å². The molecular formula is C19H16N2O7S. The lowest BCUT2D eigenvalue weighted by atomic mass is 10.3. The van der Waals surface area contributed by atoms with Gasteiger partial charge in [0.1, 0.15) is 17.3 Å². The van der Waals surface area contributed by atoms with Crippen molar-refractivity contribution in [3.05, 3.63) is 69.3 Å². The van der Waals surface area contributed by atoms with Gasteiger partial charge in [0.25, 0.3) is 11.1 Å². The van der Waals surface area contributed by atoms with E-state index in [0.717, 1.165) is 16.7 Å². The van der Waals surface area contributed by atoms with E-state index in [1.165, 1.54) is 37.5 Å². The third-order valence-electron chi connectivity index (χ3n) is 3.82. The maximum atomic E-state index is 12.4. The molecule has 0 spiro atoms. The molecule has 2 aromatic rings. The van der Waals surface area contributed by atoms with Gasteiger partial charge in [0.05, 0.1) is 24.6 Å². The average molecular weight is 416 g/mol. The summed E-state index contributed by atoms with van der Waals surface area (Å²) in [5.41, 5.74) is 0. The summed E-state index contributed by atoms with van der Waals surface area (Å²) in [6.07, 6.45) is 4.41. The standard InChI is InChI=1S/C19H16N2O7S/c1-26-14-6-2-3-7-15(14)27-12-11-20-18(22)16(29-19(20)23)8-4-5-13-9-10-17(28-13)21(24)25/h2-10H,11-12H2,1H3/b5-4+,16-8-. The summed E-state index contributed by atoms with van der Waals surface area (Å²) in [7, 11) is 1.53. The highest BCUT2D eigenvalue weighted by Crippen LogP contribution is 2.31. The minimum atomic E-state index is -0.643. The molecule has 0 atom stereocenters. The molecule has 3 rings (SSSR count). The number of carbonyl (C=O) groups excluding carboxylic acids is 2. The monoisotopic (exact) mass is 416 g/mol. The zero-order chi connectivity index (χ0) is 20.8. The number of ether oxygens (including phenoxy) is 2. The van der Waals surface area contributed by atoms with Gasteiger partial charge in [0.15, 0.2) is 11.5 Å². The summed E-state index contributed by atoms with van der Waals surface area (Å²) in [6.45, 7) is 0.214. The Morgan fingerprint density at radius 2 is 1.97 bits per heavy atom. The van der Waals surface area contributed by atoms with Crippen LogP contribution < -0.4 is 9.47 Å². The Kier molecular flexibility index (Phi) is 6.35. The molecule has 0 unspecified atom stereocenters. The van der Waals surface area contributed by atoms with Crippen molar-refractivity contribution in [2.24, 2.45) is 0 Å². The van der Waals surface area contributed by atoms with Gasteiger partial charge in [0.2, 0.25) is 0 Å². The van der Waals surface area contributed by atoms with Crippen LogP contribution in [0.1, 0.15) is 5.76 Å². The van der Waals surface area contributed by atoms with E-state index in [1.54, 1.807) is 24.3 Å². The van der Waals surface area contributed by atoms with Crippen molar-refractivity contribution in [3.8, 4) is 11.5 Å². The number of hydrogen-bond acceptors (Lipinski definition) is 8. The first-order valence-electron chi connectivity index (χ1n) is 8.41. The number of nitrogens with zero attached hydrogens (tertiary/aromatic N) is 2. The molecule has 2 heterocycles. The minimum Gasteiger partial charge on any atom is -0.493 e. The number of nitro groups is 1. The lowest BCUT2D eigenvalue weighted by Crippen LogP contribution is -2.32. The van der Waals surface area contributed by atoms with Crippen LogP contribution in [0.2, 0.25) is 0 Å². The number of imide groups is 1. The van der Waals surface area contributed by atoms with Crippen molar-refractivity contribution >= 4 is 34.9 Å². The number of allylic oxidation sites excluding steroid dienone is 2. The van der Waals surface area contributed by atoms with Gasteiger partial charge in [0, 0.05) is 0 Å². The summed E-state index contributed by atoms with van der Waals surface area (Å²) >= 11 is 0.809.